The van der Waals surface area contributed by atoms with E-state index in [4.69, 9.17) is 0 Å². The smallest absolute Gasteiger partial charge is 0.208 e. The van der Waals surface area contributed by atoms with Crippen LogP contribution in [0.1, 0.15) is 19.8 Å². The molecule has 0 bridgehead atoms. The molecule has 0 atom stereocenters. The first-order valence-corrected chi connectivity index (χ1v) is 7.28. The number of sulfonamides is 1. The molecule has 0 saturated carbocycles. The lowest BCUT2D eigenvalue weighted by Crippen LogP contribution is -2.41. The van der Waals surface area contributed by atoms with Crippen LogP contribution in [-0.4, -0.2) is 47.3 Å². The van der Waals surface area contributed by atoms with E-state index in [0.29, 0.717) is 19.0 Å². The van der Waals surface area contributed by atoms with Gasteiger partial charge in [0.25, 0.3) is 0 Å². The summed E-state index contributed by atoms with van der Waals surface area (Å²) in [6, 6.07) is 0. The molecule has 0 aromatic carbocycles. The van der Waals surface area contributed by atoms with Crippen molar-refractivity contribution in [1.29, 1.82) is 0 Å². The standard InChI is InChI=1S/C9H22N4O2S.HI/c1-4-5-6-11-9(10-2)12-7-8-13-16(3,14)15;/h13H,4-8H2,1-3H3,(H2,10,11,12);1H. The van der Waals surface area contributed by atoms with Gasteiger partial charge in [0.15, 0.2) is 5.96 Å². The number of guanidine groups is 1. The molecule has 0 spiro atoms. The number of aliphatic imine (C=N–C) groups is 1. The largest absolute Gasteiger partial charge is 0.356 e. The van der Waals surface area contributed by atoms with Gasteiger partial charge in [-0.25, -0.2) is 13.1 Å². The molecular formula is C9H23IN4O2S. The minimum atomic E-state index is -3.10. The van der Waals surface area contributed by atoms with Crippen molar-refractivity contribution >= 4 is 40.0 Å². The van der Waals surface area contributed by atoms with Gasteiger partial charge in [-0.2, -0.15) is 0 Å². The Kier molecular flexibility index (Phi) is 12.5. The quantitative estimate of drug-likeness (QED) is 0.254. The summed E-state index contributed by atoms with van der Waals surface area (Å²) >= 11 is 0. The lowest BCUT2D eigenvalue weighted by atomic mass is 10.3. The van der Waals surface area contributed by atoms with E-state index in [9.17, 15) is 8.42 Å². The van der Waals surface area contributed by atoms with Crippen molar-refractivity contribution in [1.82, 2.24) is 15.4 Å². The highest BCUT2D eigenvalue weighted by Crippen LogP contribution is 1.82. The minimum absolute atomic E-state index is 0. The van der Waals surface area contributed by atoms with Crippen LogP contribution in [0.15, 0.2) is 4.99 Å². The van der Waals surface area contributed by atoms with Gasteiger partial charge in [-0.05, 0) is 6.42 Å². The Morgan fingerprint density at radius 1 is 1.18 bits per heavy atom. The first-order chi connectivity index (χ1) is 7.49. The highest BCUT2D eigenvalue weighted by atomic mass is 127. The van der Waals surface area contributed by atoms with Gasteiger partial charge in [0.1, 0.15) is 0 Å². The fraction of sp³-hybridized carbons (Fsp3) is 0.889. The van der Waals surface area contributed by atoms with Gasteiger partial charge < -0.3 is 10.6 Å². The Morgan fingerprint density at radius 3 is 2.24 bits per heavy atom. The predicted molar refractivity (Wildman–Crippen MR) is 82.5 cm³/mol. The highest BCUT2D eigenvalue weighted by molar-refractivity contribution is 14.0. The second kappa shape index (κ2) is 11.0. The average Bonchev–Trinajstić information content (AvgIpc) is 2.20. The molecule has 0 heterocycles. The van der Waals surface area contributed by atoms with Crippen molar-refractivity contribution in [2.75, 3.05) is 32.9 Å². The van der Waals surface area contributed by atoms with Crippen molar-refractivity contribution in [2.45, 2.75) is 19.8 Å². The Balaban J connectivity index is 0. The number of hydrogen-bond acceptors (Lipinski definition) is 3. The molecule has 0 aliphatic heterocycles. The number of rotatable bonds is 7. The molecule has 0 fully saturated rings. The van der Waals surface area contributed by atoms with Crippen molar-refractivity contribution in [2.24, 2.45) is 4.99 Å². The SMILES string of the molecule is CCCCNC(=NC)NCCNS(C)(=O)=O.I. The van der Waals surface area contributed by atoms with Gasteiger partial charge in [-0.3, -0.25) is 4.99 Å². The van der Waals surface area contributed by atoms with Crippen LogP contribution in [0.2, 0.25) is 0 Å². The van der Waals surface area contributed by atoms with Crippen molar-refractivity contribution < 1.29 is 8.42 Å². The third-order valence-electron chi connectivity index (χ3n) is 1.83. The maximum atomic E-state index is 10.8. The molecule has 104 valence electrons. The maximum absolute atomic E-state index is 10.8. The number of hydrogen-bond donors (Lipinski definition) is 3. The molecule has 6 nitrogen and oxygen atoms in total. The van der Waals surface area contributed by atoms with Crippen LogP contribution in [0.5, 0.6) is 0 Å². The van der Waals surface area contributed by atoms with Crippen molar-refractivity contribution in [3.63, 3.8) is 0 Å². The number of nitrogens with zero attached hydrogens (tertiary/aromatic N) is 1. The van der Waals surface area contributed by atoms with Crippen molar-refractivity contribution in [3.05, 3.63) is 0 Å². The minimum Gasteiger partial charge on any atom is -0.356 e. The van der Waals surface area contributed by atoms with E-state index >= 15 is 0 Å². The van der Waals surface area contributed by atoms with Gasteiger partial charge in [-0.15, -0.1) is 24.0 Å². The van der Waals surface area contributed by atoms with Gasteiger partial charge in [0.2, 0.25) is 10.0 Å². The summed E-state index contributed by atoms with van der Waals surface area (Å²) in [6.45, 7) is 3.86. The number of halogens is 1. The number of unbranched alkanes of at least 4 members (excludes halogenated alkanes) is 1. The Labute approximate surface area is 121 Å². The van der Waals surface area contributed by atoms with Crippen LogP contribution < -0.4 is 15.4 Å². The molecular weight excluding hydrogens is 355 g/mol. The second-order valence-electron chi connectivity index (χ2n) is 3.45. The molecule has 0 amide bonds. The van der Waals surface area contributed by atoms with E-state index in [1.54, 1.807) is 7.05 Å². The summed E-state index contributed by atoms with van der Waals surface area (Å²) in [7, 11) is -1.41. The Hall–Kier alpha value is -0.0900. The van der Waals surface area contributed by atoms with Crippen LogP contribution >= 0.6 is 24.0 Å². The van der Waals surface area contributed by atoms with Crippen LogP contribution in [0.3, 0.4) is 0 Å². The zero-order chi connectivity index (χ0) is 12.4. The maximum Gasteiger partial charge on any atom is 0.208 e. The molecule has 0 radical (unpaired) electrons. The molecule has 0 aromatic heterocycles. The van der Waals surface area contributed by atoms with Gasteiger partial charge in [-0.1, -0.05) is 13.3 Å². The Morgan fingerprint density at radius 2 is 1.76 bits per heavy atom. The molecule has 0 rings (SSSR count). The number of nitrogens with one attached hydrogen (secondary N) is 3. The Bertz CT molecular complexity index is 306. The van der Waals surface area contributed by atoms with E-state index in [0.717, 1.165) is 25.6 Å². The first-order valence-electron chi connectivity index (χ1n) is 5.38. The molecule has 0 aromatic rings. The molecule has 8 heteroatoms. The first kappa shape index (κ1) is 19.3. The topological polar surface area (TPSA) is 82.6 Å². The summed E-state index contributed by atoms with van der Waals surface area (Å²) in [5.41, 5.74) is 0. The monoisotopic (exact) mass is 378 g/mol. The molecule has 3 N–H and O–H groups in total. The summed E-state index contributed by atoms with van der Waals surface area (Å²) in [5.74, 6) is 0.698. The molecule has 0 aliphatic carbocycles. The lowest BCUT2D eigenvalue weighted by molar-refractivity contribution is 0.586. The lowest BCUT2D eigenvalue weighted by Gasteiger charge is -2.11. The molecule has 17 heavy (non-hydrogen) atoms. The summed E-state index contributed by atoms with van der Waals surface area (Å²) < 4.78 is 23.9. The molecule has 0 unspecified atom stereocenters. The van der Waals surface area contributed by atoms with E-state index in [1.165, 1.54) is 0 Å². The van der Waals surface area contributed by atoms with Crippen LogP contribution in [0.4, 0.5) is 0 Å². The third kappa shape index (κ3) is 13.8. The normalized spacial score (nSPS) is 11.8. The molecule has 0 saturated heterocycles. The van der Waals surface area contributed by atoms with E-state index in [2.05, 4.69) is 27.3 Å². The predicted octanol–water partition coefficient (Wildman–Crippen LogP) is 0.119. The van der Waals surface area contributed by atoms with Crippen LogP contribution in [-0.2, 0) is 10.0 Å². The zero-order valence-corrected chi connectivity index (χ0v) is 13.8. The van der Waals surface area contributed by atoms with Gasteiger partial charge >= 0.3 is 0 Å². The van der Waals surface area contributed by atoms with Gasteiger partial charge in [0, 0.05) is 26.7 Å². The van der Waals surface area contributed by atoms with E-state index in [1.807, 2.05) is 0 Å². The average molecular weight is 378 g/mol. The van der Waals surface area contributed by atoms with Crippen LogP contribution in [0, 0.1) is 0 Å². The fourth-order valence-corrected chi connectivity index (χ4v) is 1.49. The summed E-state index contributed by atoms with van der Waals surface area (Å²) in [6.07, 6.45) is 3.35. The highest BCUT2D eigenvalue weighted by Gasteiger charge is 1.99. The van der Waals surface area contributed by atoms with Crippen molar-refractivity contribution in [3.8, 4) is 0 Å². The van der Waals surface area contributed by atoms with Crippen LogP contribution in [0.25, 0.3) is 0 Å². The fourth-order valence-electron chi connectivity index (χ4n) is 1.02. The summed E-state index contributed by atoms with van der Waals surface area (Å²) in [4.78, 5) is 4.01. The second-order valence-corrected chi connectivity index (χ2v) is 5.28. The van der Waals surface area contributed by atoms with Gasteiger partial charge in [0.05, 0.1) is 6.26 Å². The summed E-state index contributed by atoms with van der Waals surface area (Å²) in [5, 5.41) is 6.14. The van der Waals surface area contributed by atoms with E-state index in [-0.39, 0.29) is 24.0 Å². The zero-order valence-electron chi connectivity index (χ0n) is 10.6. The molecule has 0 aliphatic rings. The third-order valence-corrected chi connectivity index (χ3v) is 2.56. The van der Waals surface area contributed by atoms with E-state index < -0.39 is 10.0 Å².